The number of carbonyl (C=O) groups is 1. The third-order valence-corrected chi connectivity index (χ3v) is 3.90. The number of nitrogens with one attached hydrogen (secondary N) is 1. The van der Waals surface area contributed by atoms with E-state index in [9.17, 15) is 4.79 Å². The average Bonchev–Trinajstić information content (AvgIpc) is 2.52. The van der Waals surface area contributed by atoms with Crippen molar-refractivity contribution in [1.29, 1.82) is 0 Å². The molecule has 1 N–H and O–H groups in total. The SMILES string of the molecule is COc1ccc(CCCNC(=O)c2ccccc2Br)cc1. The lowest BCUT2D eigenvalue weighted by atomic mass is 10.1. The summed E-state index contributed by atoms with van der Waals surface area (Å²) in [7, 11) is 1.66. The maximum atomic E-state index is 12.0. The molecule has 0 fully saturated rings. The van der Waals surface area contributed by atoms with Crippen molar-refractivity contribution in [3.8, 4) is 5.75 Å². The summed E-state index contributed by atoms with van der Waals surface area (Å²) < 4.78 is 5.94. The Kier molecular flexibility index (Phi) is 5.81. The standard InChI is InChI=1S/C17H18BrNO2/c1-21-14-10-8-13(9-11-14)5-4-12-19-17(20)15-6-2-3-7-16(15)18/h2-3,6-11H,4-5,12H2,1H3,(H,19,20). The lowest BCUT2D eigenvalue weighted by molar-refractivity contribution is 0.0952. The van der Waals surface area contributed by atoms with Crippen molar-refractivity contribution in [3.63, 3.8) is 0 Å². The number of benzene rings is 2. The minimum Gasteiger partial charge on any atom is -0.497 e. The van der Waals surface area contributed by atoms with Crippen LogP contribution >= 0.6 is 15.9 Å². The van der Waals surface area contributed by atoms with Crippen LogP contribution in [0.3, 0.4) is 0 Å². The molecule has 21 heavy (non-hydrogen) atoms. The second-order valence-electron chi connectivity index (χ2n) is 4.69. The van der Waals surface area contributed by atoms with Gasteiger partial charge in [-0.3, -0.25) is 4.79 Å². The van der Waals surface area contributed by atoms with Crippen LogP contribution < -0.4 is 10.1 Å². The summed E-state index contributed by atoms with van der Waals surface area (Å²) in [5.74, 6) is 0.818. The number of rotatable bonds is 6. The molecular weight excluding hydrogens is 330 g/mol. The number of carbonyl (C=O) groups excluding carboxylic acids is 1. The molecule has 2 aromatic rings. The first kappa shape index (κ1) is 15.6. The first-order valence-corrected chi connectivity index (χ1v) is 7.65. The zero-order valence-electron chi connectivity index (χ0n) is 11.9. The zero-order valence-corrected chi connectivity index (χ0v) is 13.5. The first-order valence-electron chi connectivity index (χ1n) is 6.86. The number of hydrogen-bond acceptors (Lipinski definition) is 2. The van der Waals surface area contributed by atoms with Crippen LogP contribution in [0.2, 0.25) is 0 Å². The summed E-state index contributed by atoms with van der Waals surface area (Å²) in [5.41, 5.74) is 1.91. The predicted molar refractivity (Wildman–Crippen MR) is 87.8 cm³/mol. The summed E-state index contributed by atoms with van der Waals surface area (Å²) in [6, 6.07) is 15.4. The molecule has 0 saturated carbocycles. The number of ether oxygens (including phenoxy) is 1. The Hall–Kier alpha value is -1.81. The summed E-state index contributed by atoms with van der Waals surface area (Å²) >= 11 is 3.38. The molecule has 4 heteroatoms. The number of methoxy groups -OCH3 is 1. The maximum Gasteiger partial charge on any atom is 0.252 e. The highest BCUT2D eigenvalue weighted by molar-refractivity contribution is 9.10. The van der Waals surface area contributed by atoms with Gasteiger partial charge in [-0.15, -0.1) is 0 Å². The molecule has 0 saturated heterocycles. The van der Waals surface area contributed by atoms with E-state index in [2.05, 4.69) is 33.4 Å². The minimum atomic E-state index is -0.0443. The fraction of sp³-hybridized carbons (Fsp3) is 0.235. The van der Waals surface area contributed by atoms with Crippen molar-refractivity contribution < 1.29 is 9.53 Å². The maximum absolute atomic E-state index is 12.0. The molecule has 0 bridgehead atoms. The highest BCUT2D eigenvalue weighted by Gasteiger charge is 2.07. The third kappa shape index (κ3) is 4.60. The molecule has 0 aliphatic carbocycles. The van der Waals surface area contributed by atoms with Gasteiger partial charge in [-0.1, -0.05) is 24.3 Å². The Labute approximate surface area is 133 Å². The van der Waals surface area contributed by atoms with Crippen LogP contribution in [0, 0.1) is 0 Å². The molecule has 2 rings (SSSR count). The van der Waals surface area contributed by atoms with Crippen LogP contribution in [0.4, 0.5) is 0 Å². The Bertz CT molecular complexity index is 596. The Morgan fingerprint density at radius 2 is 1.86 bits per heavy atom. The summed E-state index contributed by atoms with van der Waals surface area (Å²) in [5, 5.41) is 2.94. The lowest BCUT2D eigenvalue weighted by Gasteiger charge is -2.07. The first-order chi connectivity index (χ1) is 10.2. The number of aryl methyl sites for hydroxylation is 1. The van der Waals surface area contributed by atoms with Crippen molar-refractivity contribution in [3.05, 3.63) is 64.1 Å². The molecule has 0 atom stereocenters. The molecule has 0 radical (unpaired) electrons. The average molecular weight is 348 g/mol. The van der Waals surface area contributed by atoms with Gasteiger partial charge in [0.2, 0.25) is 0 Å². The molecule has 0 unspecified atom stereocenters. The third-order valence-electron chi connectivity index (χ3n) is 3.21. The molecular formula is C17H18BrNO2. The highest BCUT2D eigenvalue weighted by Crippen LogP contribution is 2.15. The second-order valence-corrected chi connectivity index (χ2v) is 5.54. The van der Waals surface area contributed by atoms with E-state index in [0.29, 0.717) is 12.1 Å². The van der Waals surface area contributed by atoms with E-state index in [1.165, 1.54) is 5.56 Å². The number of amides is 1. The van der Waals surface area contributed by atoms with Gasteiger partial charge in [0.1, 0.15) is 5.75 Å². The predicted octanol–water partition coefficient (Wildman–Crippen LogP) is 3.82. The molecule has 2 aromatic carbocycles. The van der Waals surface area contributed by atoms with Crippen molar-refractivity contribution in [2.24, 2.45) is 0 Å². The van der Waals surface area contributed by atoms with E-state index in [-0.39, 0.29) is 5.91 Å². The second kappa shape index (κ2) is 7.84. The number of halogens is 1. The van der Waals surface area contributed by atoms with Gasteiger partial charge in [0.25, 0.3) is 5.91 Å². The quantitative estimate of drug-likeness (QED) is 0.806. The largest absolute Gasteiger partial charge is 0.497 e. The fourth-order valence-corrected chi connectivity index (χ4v) is 2.49. The minimum absolute atomic E-state index is 0.0443. The van der Waals surface area contributed by atoms with Crippen LogP contribution in [0.25, 0.3) is 0 Å². The van der Waals surface area contributed by atoms with E-state index in [4.69, 9.17) is 4.74 Å². The molecule has 110 valence electrons. The fourth-order valence-electron chi connectivity index (χ4n) is 2.03. The monoisotopic (exact) mass is 347 g/mol. The van der Waals surface area contributed by atoms with E-state index < -0.39 is 0 Å². The molecule has 0 spiro atoms. The van der Waals surface area contributed by atoms with Crippen LogP contribution in [-0.4, -0.2) is 19.6 Å². The summed E-state index contributed by atoms with van der Waals surface area (Å²) in [4.78, 5) is 12.0. The lowest BCUT2D eigenvalue weighted by Crippen LogP contribution is -2.25. The Morgan fingerprint density at radius 1 is 1.14 bits per heavy atom. The summed E-state index contributed by atoms with van der Waals surface area (Å²) in [6.07, 6.45) is 1.84. The van der Waals surface area contributed by atoms with Crippen LogP contribution in [0.15, 0.2) is 53.0 Å². The van der Waals surface area contributed by atoms with E-state index in [1.54, 1.807) is 7.11 Å². The van der Waals surface area contributed by atoms with Gasteiger partial charge >= 0.3 is 0 Å². The zero-order chi connectivity index (χ0) is 15.1. The van der Waals surface area contributed by atoms with E-state index in [0.717, 1.165) is 23.1 Å². The Morgan fingerprint density at radius 3 is 2.52 bits per heavy atom. The molecule has 3 nitrogen and oxygen atoms in total. The van der Waals surface area contributed by atoms with E-state index in [1.807, 2.05) is 36.4 Å². The van der Waals surface area contributed by atoms with Crippen LogP contribution in [-0.2, 0) is 6.42 Å². The van der Waals surface area contributed by atoms with Crippen LogP contribution in [0.1, 0.15) is 22.3 Å². The molecule has 0 aromatic heterocycles. The van der Waals surface area contributed by atoms with Gasteiger partial charge in [0, 0.05) is 11.0 Å². The van der Waals surface area contributed by atoms with Gasteiger partial charge in [-0.2, -0.15) is 0 Å². The number of hydrogen-bond donors (Lipinski definition) is 1. The highest BCUT2D eigenvalue weighted by atomic mass is 79.9. The van der Waals surface area contributed by atoms with Gasteiger partial charge in [0.05, 0.1) is 12.7 Å². The van der Waals surface area contributed by atoms with Gasteiger partial charge in [-0.25, -0.2) is 0 Å². The van der Waals surface area contributed by atoms with Gasteiger partial charge < -0.3 is 10.1 Å². The van der Waals surface area contributed by atoms with Gasteiger partial charge in [-0.05, 0) is 58.6 Å². The van der Waals surface area contributed by atoms with Crippen molar-refractivity contribution >= 4 is 21.8 Å². The Balaban J connectivity index is 1.76. The van der Waals surface area contributed by atoms with Crippen molar-refractivity contribution in [2.45, 2.75) is 12.8 Å². The molecule has 0 aliphatic heterocycles. The molecule has 0 heterocycles. The van der Waals surface area contributed by atoms with Crippen molar-refractivity contribution in [1.82, 2.24) is 5.32 Å². The van der Waals surface area contributed by atoms with Gasteiger partial charge in [0.15, 0.2) is 0 Å². The summed E-state index contributed by atoms with van der Waals surface area (Å²) in [6.45, 7) is 0.659. The smallest absolute Gasteiger partial charge is 0.252 e. The molecule has 0 aliphatic rings. The topological polar surface area (TPSA) is 38.3 Å². The van der Waals surface area contributed by atoms with E-state index >= 15 is 0 Å². The van der Waals surface area contributed by atoms with Crippen LogP contribution in [0.5, 0.6) is 5.75 Å². The normalized spacial score (nSPS) is 10.2. The van der Waals surface area contributed by atoms with Crippen molar-refractivity contribution in [2.75, 3.05) is 13.7 Å². The molecule has 1 amide bonds.